The van der Waals surface area contributed by atoms with Crippen LogP contribution in [0.15, 0.2) is 16.6 Å². The summed E-state index contributed by atoms with van der Waals surface area (Å²) >= 11 is 10.3. The SMILES string of the molecule is COc1c(I)ccc(Br)c1NC(N)=S. The first-order valence-electron chi connectivity index (χ1n) is 3.64. The Kier molecular flexibility index (Phi) is 4.39. The Morgan fingerprint density at radius 1 is 1.64 bits per heavy atom. The molecular formula is C8H8BrIN2OS. The molecule has 1 aromatic carbocycles. The summed E-state index contributed by atoms with van der Waals surface area (Å²) in [6.45, 7) is 0. The first-order chi connectivity index (χ1) is 6.56. The number of nitrogens with two attached hydrogens (primary N) is 1. The van der Waals surface area contributed by atoms with Crippen LogP contribution in [0.4, 0.5) is 5.69 Å². The second-order valence-electron chi connectivity index (χ2n) is 2.43. The number of ether oxygens (including phenoxy) is 1. The average molecular weight is 387 g/mol. The Morgan fingerprint density at radius 3 is 2.79 bits per heavy atom. The summed E-state index contributed by atoms with van der Waals surface area (Å²) in [5.74, 6) is 0.729. The molecule has 0 radical (unpaired) electrons. The molecular weight excluding hydrogens is 379 g/mol. The third-order valence-electron chi connectivity index (χ3n) is 1.51. The molecule has 0 heterocycles. The highest BCUT2D eigenvalue weighted by molar-refractivity contribution is 14.1. The molecule has 0 saturated heterocycles. The third kappa shape index (κ3) is 2.71. The number of rotatable bonds is 2. The lowest BCUT2D eigenvalue weighted by molar-refractivity contribution is 0.413. The largest absolute Gasteiger partial charge is 0.493 e. The van der Waals surface area contributed by atoms with E-state index in [-0.39, 0.29) is 5.11 Å². The topological polar surface area (TPSA) is 47.3 Å². The average Bonchev–Trinajstić information content (AvgIpc) is 2.11. The van der Waals surface area contributed by atoms with E-state index in [0.29, 0.717) is 0 Å². The van der Waals surface area contributed by atoms with Crippen molar-refractivity contribution in [1.82, 2.24) is 0 Å². The van der Waals surface area contributed by atoms with Gasteiger partial charge in [0.25, 0.3) is 0 Å². The van der Waals surface area contributed by atoms with Crippen molar-refractivity contribution in [3.8, 4) is 5.75 Å². The predicted molar refractivity (Wildman–Crippen MR) is 73.8 cm³/mol. The van der Waals surface area contributed by atoms with Crippen molar-refractivity contribution in [3.05, 3.63) is 20.2 Å². The van der Waals surface area contributed by atoms with E-state index in [1.54, 1.807) is 7.11 Å². The van der Waals surface area contributed by atoms with Gasteiger partial charge < -0.3 is 15.8 Å². The molecule has 0 amide bonds. The maximum atomic E-state index is 5.41. The van der Waals surface area contributed by atoms with Gasteiger partial charge in [-0.25, -0.2) is 0 Å². The Morgan fingerprint density at radius 2 is 2.29 bits per heavy atom. The molecule has 0 bridgehead atoms. The first kappa shape index (κ1) is 12.0. The van der Waals surface area contributed by atoms with Crippen LogP contribution >= 0.6 is 50.7 Å². The molecule has 0 aliphatic heterocycles. The zero-order chi connectivity index (χ0) is 10.7. The number of hydrogen-bond acceptors (Lipinski definition) is 2. The lowest BCUT2D eigenvalue weighted by Gasteiger charge is -2.13. The molecule has 0 atom stereocenters. The number of anilines is 1. The molecule has 3 N–H and O–H groups in total. The highest BCUT2D eigenvalue weighted by Gasteiger charge is 2.11. The number of halogens is 2. The Bertz CT molecular complexity index is 373. The van der Waals surface area contributed by atoms with E-state index in [1.807, 2.05) is 12.1 Å². The molecule has 0 fully saturated rings. The summed E-state index contributed by atoms with van der Waals surface area (Å²) in [5.41, 5.74) is 6.16. The van der Waals surface area contributed by atoms with E-state index in [1.165, 1.54) is 0 Å². The van der Waals surface area contributed by atoms with E-state index in [0.717, 1.165) is 19.5 Å². The highest BCUT2D eigenvalue weighted by Crippen LogP contribution is 2.36. The zero-order valence-corrected chi connectivity index (χ0v) is 11.9. The van der Waals surface area contributed by atoms with Crippen LogP contribution in [0.2, 0.25) is 0 Å². The van der Waals surface area contributed by atoms with Crippen molar-refractivity contribution in [2.75, 3.05) is 12.4 Å². The van der Waals surface area contributed by atoms with Gasteiger partial charge in [-0.2, -0.15) is 0 Å². The molecule has 1 aromatic rings. The molecule has 0 aliphatic carbocycles. The van der Waals surface area contributed by atoms with Crippen LogP contribution in [0.3, 0.4) is 0 Å². The second-order valence-corrected chi connectivity index (χ2v) is 4.88. The van der Waals surface area contributed by atoms with Gasteiger partial charge in [0.05, 0.1) is 16.4 Å². The normalized spacial score (nSPS) is 9.64. The number of thiocarbonyl (C=S) groups is 1. The molecule has 3 nitrogen and oxygen atoms in total. The molecule has 0 aromatic heterocycles. The zero-order valence-electron chi connectivity index (χ0n) is 7.30. The smallest absolute Gasteiger partial charge is 0.168 e. The van der Waals surface area contributed by atoms with Crippen molar-refractivity contribution in [3.63, 3.8) is 0 Å². The second kappa shape index (κ2) is 5.13. The fourth-order valence-corrected chi connectivity index (χ4v) is 2.16. The summed E-state index contributed by atoms with van der Waals surface area (Å²) < 4.78 is 7.10. The summed E-state index contributed by atoms with van der Waals surface area (Å²) in [6.07, 6.45) is 0. The van der Waals surface area contributed by atoms with Gasteiger partial charge in [0.2, 0.25) is 0 Å². The van der Waals surface area contributed by atoms with Crippen molar-refractivity contribution in [2.45, 2.75) is 0 Å². The van der Waals surface area contributed by atoms with Gasteiger partial charge in [-0.05, 0) is 62.9 Å². The van der Waals surface area contributed by atoms with Crippen LogP contribution in [0.1, 0.15) is 0 Å². The van der Waals surface area contributed by atoms with Gasteiger partial charge in [0, 0.05) is 4.47 Å². The van der Waals surface area contributed by atoms with Crippen LogP contribution < -0.4 is 15.8 Å². The number of methoxy groups -OCH3 is 1. The third-order valence-corrected chi connectivity index (χ3v) is 3.12. The predicted octanol–water partition coefficient (Wildman–Crippen LogP) is 2.72. The molecule has 6 heteroatoms. The monoisotopic (exact) mass is 386 g/mol. The van der Waals surface area contributed by atoms with Gasteiger partial charge in [0.1, 0.15) is 0 Å². The number of nitrogens with one attached hydrogen (secondary N) is 1. The minimum absolute atomic E-state index is 0.214. The minimum atomic E-state index is 0.214. The Balaban J connectivity index is 3.22. The maximum Gasteiger partial charge on any atom is 0.168 e. The van der Waals surface area contributed by atoms with Crippen molar-refractivity contribution in [2.24, 2.45) is 5.73 Å². The minimum Gasteiger partial charge on any atom is -0.493 e. The summed E-state index contributed by atoms with van der Waals surface area (Å²) in [4.78, 5) is 0. The summed E-state index contributed by atoms with van der Waals surface area (Å²) in [5, 5.41) is 3.08. The summed E-state index contributed by atoms with van der Waals surface area (Å²) in [6, 6.07) is 3.85. The van der Waals surface area contributed by atoms with Crippen molar-refractivity contribution in [1.29, 1.82) is 0 Å². The lowest BCUT2D eigenvalue weighted by atomic mass is 10.3. The van der Waals surface area contributed by atoms with Crippen LogP contribution in [-0.2, 0) is 0 Å². The van der Waals surface area contributed by atoms with Crippen LogP contribution in [0, 0.1) is 3.57 Å². The molecule has 14 heavy (non-hydrogen) atoms. The molecule has 0 spiro atoms. The molecule has 1 rings (SSSR count). The molecule has 0 aliphatic rings. The van der Waals surface area contributed by atoms with Gasteiger partial charge in [-0.3, -0.25) is 0 Å². The fraction of sp³-hybridized carbons (Fsp3) is 0.125. The highest BCUT2D eigenvalue weighted by atomic mass is 127. The summed E-state index contributed by atoms with van der Waals surface area (Å²) in [7, 11) is 1.61. The quantitative estimate of drug-likeness (QED) is 0.606. The van der Waals surface area contributed by atoms with E-state index in [9.17, 15) is 0 Å². The van der Waals surface area contributed by atoms with Crippen molar-refractivity contribution >= 4 is 61.5 Å². The first-order valence-corrected chi connectivity index (χ1v) is 5.92. The Hall–Kier alpha value is -0.0800. The molecule has 0 unspecified atom stereocenters. The van der Waals surface area contributed by atoms with Gasteiger partial charge >= 0.3 is 0 Å². The lowest BCUT2D eigenvalue weighted by Crippen LogP contribution is -2.19. The van der Waals surface area contributed by atoms with E-state index in [2.05, 4.69) is 43.8 Å². The maximum absolute atomic E-state index is 5.41. The van der Waals surface area contributed by atoms with Gasteiger partial charge in [-0.15, -0.1) is 0 Å². The van der Waals surface area contributed by atoms with Gasteiger partial charge in [0.15, 0.2) is 10.9 Å². The van der Waals surface area contributed by atoms with E-state index >= 15 is 0 Å². The number of benzene rings is 1. The number of hydrogen-bond donors (Lipinski definition) is 2. The van der Waals surface area contributed by atoms with E-state index in [4.69, 9.17) is 22.7 Å². The standard InChI is InChI=1S/C8H8BrIN2OS/c1-13-7-5(10)3-2-4(9)6(7)12-8(11)14/h2-3H,1H3,(H3,11,12,14). The van der Waals surface area contributed by atoms with E-state index < -0.39 is 0 Å². The van der Waals surface area contributed by atoms with Crippen LogP contribution in [0.5, 0.6) is 5.75 Å². The fourth-order valence-electron chi connectivity index (χ4n) is 0.972. The molecule has 76 valence electrons. The van der Waals surface area contributed by atoms with Crippen LogP contribution in [0.25, 0.3) is 0 Å². The van der Waals surface area contributed by atoms with Crippen LogP contribution in [-0.4, -0.2) is 12.2 Å². The Labute approximate surface area is 110 Å². The van der Waals surface area contributed by atoms with Gasteiger partial charge in [-0.1, -0.05) is 0 Å². The molecule has 0 saturated carbocycles. The van der Waals surface area contributed by atoms with Crippen molar-refractivity contribution < 1.29 is 4.74 Å².